The first-order valence-electron chi connectivity index (χ1n) is 7.14. The third kappa shape index (κ3) is 2.81. The fourth-order valence-electron chi connectivity index (χ4n) is 2.73. The third-order valence-corrected chi connectivity index (χ3v) is 5.27. The first kappa shape index (κ1) is 14.9. The minimum atomic E-state index is -0.814. The highest BCUT2D eigenvalue weighted by molar-refractivity contribution is 8.01. The molecule has 2 amide bonds. The van der Waals surface area contributed by atoms with E-state index in [1.165, 1.54) is 11.8 Å². The molecule has 6 nitrogen and oxygen atoms in total. The number of para-hydroxylation sites is 1. The number of carbonyl (C=O) groups excluding carboxylic acids is 2. The average Bonchev–Trinajstić information content (AvgIpc) is 2.53. The van der Waals surface area contributed by atoms with Crippen LogP contribution in [0.1, 0.15) is 12.8 Å². The van der Waals surface area contributed by atoms with Crippen LogP contribution in [0.25, 0.3) is 0 Å². The Bertz CT molecular complexity index is 626. The molecular formula is C15H16N2O4S. The SMILES string of the molecule is O=C(O)C1CCN(C(=O)C2Sc3ccccc3NC2=O)CC1. The molecular weight excluding hydrogens is 304 g/mol. The van der Waals surface area contributed by atoms with Crippen molar-refractivity contribution in [1.29, 1.82) is 0 Å². The molecule has 2 aliphatic rings. The number of thioether (sulfide) groups is 1. The Morgan fingerprint density at radius 2 is 1.91 bits per heavy atom. The van der Waals surface area contributed by atoms with Gasteiger partial charge in [0.1, 0.15) is 0 Å². The fourth-order valence-corrected chi connectivity index (χ4v) is 3.80. The number of hydrogen-bond acceptors (Lipinski definition) is 4. The zero-order valence-electron chi connectivity index (χ0n) is 11.8. The number of rotatable bonds is 2. The minimum Gasteiger partial charge on any atom is -0.481 e. The normalized spacial score (nSPS) is 21.9. The molecule has 0 spiro atoms. The highest BCUT2D eigenvalue weighted by Gasteiger charge is 2.37. The predicted molar refractivity (Wildman–Crippen MR) is 81.7 cm³/mol. The number of fused-ring (bicyclic) bond motifs is 1. The van der Waals surface area contributed by atoms with Gasteiger partial charge in [-0.2, -0.15) is 0 Å². The Kier molecular flexibility index (Phi) is 4.06. The molecule has 0 aromatic heterocycles. The Hall–Kier alpha value is -2.02. The number of likely N-dealkylation sites (tertiary alicyclic amines) is 1. The molecule has 2 heterocycles. The van der Waals surface area contributed by atoms with E-state index in [-0.39, 0.29) is 11.8 Å². The van der Waals surface area contributed by atoms with Crippen molar-refractivity contribution in [3.63, 3.8) is 0 Å². The predicted octanol–water partition coefficient (Wildman–Crippen LogP) is 1.42. The zero-order valence-corrected chi connectivity index (χ0v) is 12.6. The molecule has 2 aliphatic heterocycles. The van der Waals surface area contributed by atoms with Gasteiger partial charge in [0.25, 0.3) is 0 Å². The van der Waals surface area contributed by atoms with Crippen LogP contribution in [0.4, 0.5) is 5.69 Å². The van der Waals surface area contributed by atoms with Crippen molar-refractivity contribution >= 4 is 35.2 Å². The van der Waals surface area contributed by atoms with Crippen molar-refractivity contribution in [2.45, 2.75) is 23.0 Å². The highest BCUT2D eigenvalue weighted by Crippen LogP contribution is 2.36. The summed E-state index contributed by atoms with van der Waals surface area (Å²) in [7, 11) is 0. The smallest absolute Gasteiger partial charge is 0.306 e. The van der Waals surface area contributed by atoms with E-state index in [9.17, 15) is 14.4 Å². The average molecular weight is 320 g/mol. The molecule has 1 fully saturated rings. The summed E-state index contributed by atoms with van der Waals surface area (Å²) < 4.78 is 0. The number of hydrogen-bond donors (Lipinski definition) is 2. The Morgan fingerprint density at radius 1 is 1.23 bits per heavy atom. The first-order chi connectivity index (χ1) is 10.6. The van der Waals surface area contributed by atoms with Crippen molar-refractivity contribution in [2.75, 3.05) is 18.4 Å². The highest BCUT2D eigenvalue weighted by atomic mass is 32.2. The summed E-state index contributed by atoms with van der Waals surface area (Å²) in [5.41, 5.74) is 0.728. The van der Waals surface area contributed by atoms with E-state index in [0.717, 1.165) is 10.6 Å². The molecule has 1 aromatic carbocycles. The van der Waals surface area contributed by atoms with Crippen molar-refractivity contribution < 1.29 is 19.5 Å². The van der Waals surface area contributed by atoms with Crippen LogP contribution in [0.15, 0.2) is 29.2 Å². The molecule has 0 radical (unpaired) electrons. The lowest BCUT2D eigenvalue weighted by Gasteiger charge is -2.33. The van der Waals surface area contributed by atoms with Crippen molar-refractivity contribution in [1.82, 2.24) is 4.90 Å². The number of anilines is 1. The summed E-state index contributed by atoms with van der Waals surface area (Å²) in [6.45, 7) is 0.781. The molecule has 0 saturated carbocycles. The summed E-state index contributed by atoms with van der Waals surface area (Å²) in [5, 5.41) is 11.0. The summed E-state index contributed by atoms with van der Waals surface area (Å²) >= 11 is 1.25. The molecule has 7 heteroatoms. The maximum atomic E-state index is 12.5. The van der Waals surface area contributed by atoms with Gasteiger partial charge in [0, 0.05) is 18.0 Å². The van der Waals surface area contributed by atoms with Crippen LogP contribution in [0.5, 0.6) is 0 Å². The largest absolute Gasteiger partial charge is 0.481 e. The molecule has 1 atom stereocenters. The third-order valence-electron chi connectivity index (χ3n) is 4.01. The van der Waals surface area contributed by atoms with Crippen LogP contribution in [-0.4, -0.2) is 46.1 Å². The standard InChI is InChI=1S/C15H16N2O4S/c18-13-12(22-11-4-2-1-3-10(11)16-13)14(19)17-7-5-9(6-8-17)15(20)21/h1-4,9,12H,5-8H2,(H,16,18)(H,20,21). The summed E-state index contributed by atoms with van der Waals surface area (Å²) in [6, 6.07) is 7.37. The number of aliphatic carboxylic acids is 1. The van der Waals surface area contributed by atoms with Crippen LogP contribution >= 0.6 is 11.8 Å². The number of carboxylic acid groups (broad SMARTS) is 1. The van der Waals surface area contributed by atoms with Crippen LogP contribution in [-0.2, 0) is 14.4 Å². The number of piperidine rings is 1. The van der Waals surface area contributed by atoms with Crippen molar-refractivity contribution in [3.8, 4) is 0 Å². The van der Waals surface area contributed by atoms with Gasteiger partial charge < -0.3 is 15.3 Å². The lowest BCUT2D eigenvalue weighted by Crippen LogP contribution is -2.48. The van der Waals surface area contributed by atoms with Crippen molar-refractivity contribution in [2.24, 2.45) is 5.92 Å². The van der Waals surface area contributed by atoms with Gasteiger partial charge in [0.05, 0.1) is 11.6 Å². The molecule has 2 N–H and O–H groups in total. The second-order valence-electron chi connectivity index (χ2n) is 5.42. The Morgan fingerprint density at radius 3 is 2.59 bits per heavy atom. The van der Waals surface area contributed by atoms with Crippen LogP contribution < -0.4 is 5.32 Å². The molecule has 116 valence electrons. The summed E-state index contributed by atoms with van der Waals surface area (Å²) in [5.74, 6) is -1.75. The number of benzene rings is 1. The molecule has 1 aromatic rings. The van der Waals surface area contributed by atoms with Crippen LogP contribution in [0.2, 0.25) is 0 Å². The van der Waals surface area contributed by atoms with Crippen molar-refractivity contribution in [3.05, 3.63) is 24.3 Å². The van der Waals surface area contributed by atoms with Gasteiger partial charge in [0.15, 0.2) is 5.25 Å². The first-order valence-corrected chi connectivity index (χ1v) is 8.02. The molecule has 1 unspecified atom stereocenters. The van der Waals surface area contributed by atoms with Gasteiger partial charge in [-0.3, -0.25) is 14.4 Å². The van der Waals surface area contributed by atoms with E-state index >= 15 is 0 Å². The van der Waals surface area contributed by atoms with E-state index in [4.69, 9.17) is 5.11 Å². The second-order valence-corrected chi connectivity index (χ2v) is 6.57. The van der Waals surface area contributed by atoms with E-state index in [0.29, 0.717) is 25.9 Å². The van der Waals surface area contributed by atoms with Gasteiger partial charge in [-0.1, -0.05) is 12.1 Å². The molecule has 0 bridgehead atoms. The van der Waals surface area contributed by atoms with Gasteiger partial charge in [0.2, 0.25) is 11.8 Å². The monoisotopic (exact) mass is 320 g/mol. The number of nitrogens with zero attached hydrogens (tertiary/aromatic N) is 1. The maximum Gasteiger partial charge on any atom is 0.306 e. The molecule has 3 rings (SSSR count). The van der Waals surface area contributed by atoms with E-state index < -0.39 is 17.1 Å². The van der Waals surface area contributed by atoms with Crippen LogP contribution in [0.3, 0.4) is 0 Å². The number of carboxylic acids is 1. The Balaban J connectivity index is 1.69. The fraction of sp³-hybridized carbons (Fsp3) is 0.400. The van der Waals surface area contributed by atoms with Crippen LogP contribution in [0, 0.1) is 5.92 Å². The van der Waals surface area contributed by atoms with Gasteiger partial charge in [-0.05, 0) is 25.0 Å². The van der Waals surface area contributed by atoms with E-state index in [2.05, 4.69) is 5.32 Å². The molecule has 22 heavy (non-hydrogen) atoms. The van der Waals surface area contributed by atoms with E-state index in [1.807, 2.05) is 18.2 Å². The summed E-state index contributed by atoms with van der Waals surface area (Å²) in [4.78, 5) is 38.1. The molecule has 1 saturated heterocycles. The lowest BCUT2D eigenvalue weighted by molar-refractivity contribution is -0.146. The zero-order chi connectivity index (χ0) is 15.7. The van der Waals surface area contributed by atoms with Gasteiger partial charge >= 0.3 is 5.97 Å². The summed E-state index contributed by atoms with van der Waals surface area (Å²) in [6.07, 6.45) is 0.882. The topological polar surface area (TPSA) is 86.7 Å². The number of carbonyl (C=O) groups is 3. The lowest BCUT2D eigenvalue weighted by atomic mass is 9.97. The van der Waals surface area contributed by atoms with Gasteiger partial charge in [-0.15, -0.1) is 11.8 Å². The second kappa shape index (κ2) is 6.00. The number of nitrogens with one attached hydrogen (secondary N) is 1. The number of amides is 2. The van der Waals surface area contributed by atoms with Gasteiger partial charge in [-0.25, -0.2) is 0 Å². The molecule has 0 aliphatic carbocycles. The minimum absolute atomic E-state index is 0.235. The maximum absolute atomic E-state index is 12.5. The van der Waals surface area contributed by atoms with E-state index in [1.54, 1.807) is 11.0 Å². The quantitative estimate of drug-likeness (QED) is 0.805. The Labute approximate surface area is 131 Å².